The molecule has 8 nitrogen and oxygen atoms in total. The first-order valence-electron chi connectivity index (χ1n) is 11.5. The average molecular weight is 500 g/mol. The van der Waals surface area contributed by atoms with Gasteiger partial charge in [-0.1, -0.05) is 0 Å². The highest BCUT2D eigenvalue weighted by molar-refractivity contribution is 6.12. The summed E-state index contributed by atoms with van der Waals surface area (Å²) < 4.78 is 50.7. The van der Waals surface area contributed by atoms with Crippen molar-refractivity contribution in [2.24, 2.45) is 0 Å². The molecular formula is C25H23F3N4O4. The molecule has 1 saturated carbocycles. The Morgan fingerprint density at radius 1 is 1.03 bits per heavy atom. The number of pyridine rings is 2. The number of carbonyl (C=O) groups is 2. The van der Waals surface area contributed by atoms with Gasteiger partial charge >= 0.3 is 12.2 Å². The van der Waals surface area contributed by atoms with Crippen LogP contribution in [0.25, 0.3) is 10.9 Å². The van der Waals surface area contributed by atoms with E-state index >= 15 is 0 Å². The third-order valence-electron chi connectivity index (χ3n) is 6.57. The lowest BCUT2D eigenvalue weighted by atomic mass is 9.92. The Hall–Kier alpha value is -3.89. The Bertz CT molecular complexity index is 1310. The number of anilines is 1. The molecule has 1 aliphatic heterocycles. The second kappa shape index (κ2) is 9.29. The summed E-state index contributed by atoms with van der Waals surface area (Å²) in [5, 5.41) is 0.857. The minimum Gasteiger partial charge on any atom is -0.497 e. The van der Waals surface area contributed by atoms with Crippen LogP contribution >= 0.6 is 0 Å². The van der Waals surface area contributed by atoms with Crippen LogP contribution in [-0.2, 0) is 11.0 Å². The predicted octanol–water partition coefficient (Wildman–Crippen LogP) is 4.82. The van der Waals surface area contributed by atoms with E-state index in [2.05, 4.69) is 9.97 Å². The summed E-state index contributed by atoms with van der Waals surface area (Å²) in [5.74, 6) is 0.959. The van der Waals surface area contributed by atoms with Crippen LogP contribution in [-0.4, -0.2) is 52.6 Å². The highest BCUT2D eigenvalue weighted by atomic mass is 19.4. The van der Waals surface area contributed by atoms with Gasteiger partial charge in [-0.2, -0.15) is 13.2 Å². The third kappa shape index (κ3) is 4.52. The molecule has 0 radical (unpaired) electrons. The van der Waals surface area contributed by atoms with Crippen molar-refractivity contribution < 1.29 is 32.2 Å². The zero-order chi connectivity index (χ0) is 25.4. The fourth-order valence-corrected chi connectivity index (χ4v) is 4.74. The van der Waals surface area contributed by atoms with Crippen LogP contribution in [0.2, 0.25) is 0 Å². The molecule has 5 rings (SSSR count). The van der Waals surface area contributed by atoms with Gasteiger partial charge in [0, 0.05) is 29.9 Å². The Balaban J connectivity index is 1.25. The number of imide groups is 1. The van der Waals surface area contributed by atoms with Crippen LogP contribution < -0.4 is 14.4 Å². The maximum Gasteiger partial charge on any atom is 0.417 e. The largest absolute Gasteiger partial charge is 0.497 e. The highest BCUT2D eigenvalue weighted by Crippen LogP contribution is 2.35. The first-order chi connectivity index (χ1) is 17.2. The molecule has 1 aliphatic carbocycles. The first kappa shape index (κ1) is 23.8. The Labute approximate surface area is 204 Å². The van der Waals surface area contributed by atoms with Crippen molar-refractivity contribution >= 4 is 28.5 Å². The van der Waals surface area contributed by atoms with E-state index in [0.717, 1.165) is 28.1 Å². The monoisotopic (exact) mass is 500 g/mol. The number of amides is 3. The number of aromatic nitrogens is 2. The molecule has 188 valence electrons. The summed E-state index contributed by atoms with van der Waals surface area (Å²) >= 11 is 0. The zero-order valence-corrected chi connectivity index (χ0v) is 19.4. The van der Waals surface area contributed by atoms with Crippen LogP contribution in [0.4, 0.5) is 23.7 Å². The van der Waals surface area contributed by atoms with Gasteiger partial charge in [-0.15, -0.1) is 0 Å². The summed E-state index contributed by atoms with van der Waals surface area (Å²) in [5.41, 5.74) is -0.278. The standard InChI is InChI=1S/C25H23F3N4O4/c1-35-19-6-7-20-21(11-19)30-9-8-22(20)36-18-4-2-16(3-5-18)32-23(33)14-31(24(32)34)17-10-15(12-29-13-17)25(26,27)28/h6-13,16,18H,2-5,14H2,1H3. The smallest absolute Gasteiger partial charge is 0.417 e. The minimum atomic E-state index is -4.60. The van der Waals surface area contributed by atoms with E-state index in [-0.39, 0.29) is 24.4 Å². The molecule has 3 amide bonds. The van der Waals surface area contributed by atoms with E-state index in [9.17, 15) is 22.8 Å². The number of urea groups is 1. The number of hydrogen-bond acceptors (Lipinski definition) is 6. The van der Waals surface area contributed by atoms with Crippen LogP contribution in [0.5, 0.6) is 11.5 Å². The SMILES string of the molecule is COc1ccc2c(OC3CCC(N4C(=O)CN(c5cncc(C(F)(F)F)c5)C4=O)CC3)ccnc2c1. The number of rotatable bonds is 5. The topological polar surface area (TPSA) is 84.9 Å². The molecule has 1 aromatic carbocycles. The van der Waals surface area contributed by atoms with E-state index in [4.69, 9.17) is 9.47 Å². The number of hydrogen-bond donors (Lipinski definition) is 0. The van der Waals surface area contributed by atoms with Gasteiger partial charge < -0.3 is 9.47 Å². The molecule has 2 aromatic heterocycles. The summed E-state index contributed by atoms with van der Waals surface area (Å²) in [6.45, 7) is -0.315. The molecule has 0 spiro atoms. The molecule has 11 heteroatoms. The third-order valence-corrected chi connectivity index (χ3v) is 6.57. The van der Waals surface area contributed by atoms with Gasteiger partial charge in [-0.25, -0.2) is 4.79 Å². The molecule has 3 heterocycles. The highest BCUT2D eigenvalue weighted by Gasteiger charge is 2.43. The van der Waals surface area contributed by atoms with Gasteiger partial charge in [0.15, 0.2) is 0 Å². The van der Waals surface area contributed by atoms with Crippen molar-refractivity contribution in [3.8, 4) is 11.5 Å². The van der Waals surface area contributed by atoms with Gasteiger partial charge in [-0.3, -0.25) is 24.6 Å². The second-order valence-corrected chi connectivity index (χ2v) is 8.80. The van der Waals surface area contributed by atoms with Crippen molar-refractivity contribution in [3.05, 3.63) is 54.5 Å². The molecule has 0 unspecified atom stereocenters. The van der Waals surface area contributed by atoms with Gasteiger partial charge in [-0.05, 0) is 49.9 Å². The maximum atomic E-state index is 13.1. The summed E-state index contributed by atoms with van der Waals surface area (Å²) in [6, 6.07) is 7.23. The lowest BCUT2D eigenvalue weighted by Gasteiger charge is -2.33. The van der Waals surface area contributed by atoms with Crippen molar-refractivity contribution in [3.63, 3.8) is 0 Å². The number of nitrogens with zero attached hydrogens (tertiary/aromatic N) is 4. The number of methoxy groups -OCH3 is 1. The molecule has 1 saturated heterocycles. The molecule has 0 N–H and O–H groups in total. The van der Waals surface area contributed by atoms with E-state index in [1.54, 1.807) is 19.4 Å². The number of benzene rings is 1. The maximum absolute atomic E-state index is 13.1. The van der Waals surface area contributed by atoms with E-state index in [1.807, 2.05) is 18.2 Å². The van der Waals surface area contributed by atoms with Crippen molar-refractivity contribution in [1.29, 1.82) is 0 Å². The van der Waals surface area contributed by atoms with E-state index < -0.39 is 23.7 Å². The number of fused-ring (bicyclic) bond motifs is 1. The lowest BCUT2D eigenvalue weighted by Crippen LogP contribution is -2.44. The van der Waals surface area contributed by atoms with Crippen LogP contribution in [0.3, 0.4) is 0 Å². The van der Waals surface area contributed by atoms with Gasteiger partial charge in [0.25, 0.3) is 5.91 Å². The molecule has 36 heavy (non-hydrogen) atoms. The van der Waals surface area contributed by atoms with Gasteiger partial charge in [0.1, 0.15) is 18.0 Å². The van der Waals surface area contributed by atoms with Crippen molar-refractivity contribution in [2.45, 2.75) is 44.0 Å². The average Bonchev–Trinajstić information content (AvgIpc) is 3.17. The van der Waals surface area contributed by atoms with Crippen LogP contribution in [0, 0.1) is 0 Å². The van der Waals surface area contributed by atoms with Crippen molar-refractivity contribution in [1.82, 2.24) is 14.9 Å². The molecule has 0 atom stereocenters. The van der Waals surface area contributed by atoms with Crippen molar-refractivity contribution in [2.75, 3.05) is 18.6 Å². The van der Waals surface area contributed by atoms with Gasteiger partial charge in [0.05, 0.1) is 36.2 Å². The second-order valence-electron chi connectivity index (χ2n) is 8.80. The number of halogens is 3. The molecule has 3 aromatic rings. The zero-order valence-electron chi connectivity index (χ0n) is 19.4. The fourth-order valence-electron chi connectivity index (χ4n) is 4.74. The summed E-state index contributed by atoms with van der Waals surface area (Å²) in [6.07, 6.45) is 1.12. The normalized spacial score (nSPS) is 20.8. The first-order valence-corrected chi connectivity index (χ1v) is 11.5. The van der Waals surface area contributed by atoms with Gasteiger partial charge in [0.2, 0.25) is 0 Å². The summed E-state index contributed by atoms with van der Waals surface area (Å²) in [4.78, 5) is 35.9. The van der Waals surface area contributed by atoms with Crippen LogP contribution in [0.15, 0.2) is 48.9 Å². The molecular weight excluding hydrogens is 477 g/mol. The number of carbonyl (C=O) groups excluding carboxylic acids is 2. The van der Waals surface area contributed by atoms with Crippen LogP contribution in [0.1, 0.15) is 31.2 Å². The number of ether oxygens (including phenoxy) is 2. The Morgan fingerprint density at radius 2 is 1.81 bits per heavy atom. The van der Waals surface area contributed by atoms with E-state index in [1.165, 1.54) is 4.90 Å². The summed E-state index contributed by atoms with van der Waals surface area (Å²) in [7, 11) is 1.59. The fraction of sp³-hybridized carbons (Fsp3) is 0.360. The molecule has 0 bridgehead atoms. The molecule has 2 fully saturated rings. The molecule has 2 aliphatic rings. The Kier molecular flexibility index (Phi) is 6.15. The van der Waals surface area contributed by atoms with E-state index in [0.29, 0.717) is 43.4 Å². The quantitative estimate of drug-likeness (QED) is 0.468. The lowest BCUT2D eigenvalue weighted by molar-refractivity contribution is -0.137. The predicted molar refractivity (Wildman–Crippen MR) is 124 cm³/mol. The number of alkyl halides is 3. The Morgan fingerprint density at radius 3 is 2.53 bits per heavy atom. The minimum absolute atomic E-state index is 0.0520.